The van der Waals surface area contributed by atoms with Crippen LogP contribution in [0.3, 0.4) is 0 Å². The number of hydrogen-bond acceptors (Lipinski definition) is 4. The first-order valence-corrected chi connectivity index (χ1v) is 7.70. The van der Waals surface area contributed by atoms with Crippen LogP contribution in [0.4, 0.5) is 37.8 Å². The van der Waals surface area contributed by atoms with Crippen LogP contribution >= 0.6 is 0 Å². The van der Waals surface area contributed by atoms with Crippen LogP contribution in [0.1, 0.15) is 25.7 Å². The van der Waals surface area contributed by atoms with Gasteiger partial charge in [0.1, 0.15) is 6.54 Å². The average Bonchev–Trinajstić information content (AvgIpc) is 2.67. The molecule has 0 unspecified atom stereocenters. The molecule has 0 bridgehead atoms. The Balaban J connectivity index is 2.06. The van der Waals surface area contributed by atoms with Gasteiger partial charge in [-0.2, -0.15) is 31.4 Å². The number of rotatable bonds is 4. The third kappa shape index (κ3) is 5.27. The molecule has 0 amide bonds. The van der Waals surface area contributed by atoms with E-state index in [-0.39, 0.29) is 24.5 Å². The highest BCUT2D eigenvalue weighted by Crippen LogP contribution is 2.31. The zero-order valence-electron chi connectivity index (χ0n) is 13.2. The monoisotopic (exact) mass is 372 g/mol. The van der Waals surface area contributed by atoms with E-state index in [1.807, 2.05) is 0 Å². The third-order valence-electron chi connectivity index (χ3n) is 4.11. The Morgan fingerprint density at radius 2 is 1.88 bits per heavy atom. The van der Waals surface area contributed by atoms with Gasteiger partial charge in [0, 0.05) is 19.5 Å². The Hall–Kier alpha value is -1.94. The second-order valence-electron chi connectivity index (χ2n) is 6.11. The van der Waals surface area contributed by atoms with Gasteiger partial charge >= 0.3 is 12.4 Å². The Kier molecular flexibility index (Phi) is 5.52. The second kappa shape index (κ2) is 7.12. The van der Waals surface area contributed by atoms with E-state index in [2.05, 4.69) is 5.10 Å². The van der Waals surface area contributed by atoms with Gasteiger partial charge in [0.2, 0.25) is 5.78 Å². The first-order valence-electron chi connectivity index (χ1n) is 7.70. The summed E-state index contributed by atoms with van der Waals surface area (Å²) in [5.41, 5.74) is 5.80. The van der Waals surface area contributed by atoms with Crippen molar-refractivity contribution >= 4 is 17.3 Å². The second-order valence-corrected chi connectivity index (χ2v) is 6.11. The van der Waals surface area contributed by atoms with E-state index in [9.17, 15) is 31.1 Å². The number of nitrogens with zero attached hydrogens (tertiary/aromatic N) is 3. The zero-order valence-corrected chi connectivity index (χ0v) is 13.2. The molecule has 1 aliphatic heterocycles. The van der Waals surface area contributed by atoms with Gasteiger partial charge in [0.25, 0.3) is 0 Å². The lowest BCUT2D eigenvalue weighted by Gasteiger charge is -2.24. The van der Waals surface area contributed by atoms with Crippen LogP contribution in [0.5, 0.6) is 0 Å². The lowest BCUT2D eigenvalue weighted by atomic mass is 9.94. The normalized spacial score (nSPS) is 19.8. The summed E-state index contributed by atoms with van der Waals surface area (Å²) >= 11 is 0. The Labute approximate surface area is 139 Å². The van der Waals surface area contributed by atoms with E-state index in [0.29, 0.717) is 19.4 Å². The molecular weight excluding hydrogens is 354 g/mol. The van der Waals surface area contributed by atoms with Gasteiger partial charge in [-0.1, -0.05) is 0 Å². The molecule has 0 radical (unpaired) electrons. The molecule has 5 nitrogen and oxygen atoms in total. The molecule has 2 N–H and O–H groups in total. The van der Waals surface area contributed by atoms with Crippen LogP contribution in [0, 0.1) is 5.92 Å². The Bertz CT molecular complexity index is 609. The minimum absolute atomic E-state index is 0.0778. The van der Waals surface area contributed by atoms with Crippen molar-refractivity contribution in [2.75, 3.05) is 23.7 Å². The zero-order chi connectivity index (χ0) is 18.8. The number of anilines is 2. The summed E-state index contributed by atoms with van der Waals surface area (Å²) in [6, 6.07) is 0. The largest absolute Gasteiger partial charge is 0.449 e. The fraction of sp³-hybridized carbons (Fsp3) is 0.714. The summed E-state index contributed by atoms with van der Waals surface area (Å²) in [4.78, 5) is 12.7. The van der Waals surface area contributed by atoms with E-state index in [4.69, 9.17) is 5.73 Å². The lowest BCUT2D eigenvalue weighted by Crippen LogP contribution is -2.30. The van der Waals surface area contributed by atoms with Crippen molar-refractivity contribution in [2.45, 2.75) is 44.6 Å². The van der Waals surface area contributed by atoms with Crippen LogP contribution in [-0.4, -0.2) is 41.0 Å². The predicted octanol–water partition coefficient (Wildman–Crippen LogP) is 3.16. The van der Waals surface area contributed by atoms with Gasteiger partial charge in [0.05, 0.1) is 11.9 Å². The van der Waals surface area contributed by atoms with Crippen molar-refractivity contribution in [1.29, 1.82) is 0 Å². The van der Waals surface area contributed by atoms with Crippen molar-refractivity contribution in [2.24, 2.45) is 5.92 Å². The van der Waals surface area contributed by atoms with Gasteiger partial charge in [-0.25, -0.2) is 4.68 Å². The van der Waals surface area contributed by atoms with E-state index in [0.717, 1.165) is 10.9 Å². The Morgan fingerprint density at radius 3 is 2.48 bits per heavy atom. The van der Waals surface area contributed by atoms with Crippen LogP contribution in [-0.2, 0) is 11.3 Å². The van der Waals surface area contributed by atoms with E-state index in [1.54, 1.807) is 4.90 Å². The highest BCUT2D eigenvalue weighted by atomic mass is 19.4. The molecule has 0 aliphatic carbocycles. The van der Waals surface area contributed by atoms with Gasteiger partial charge in [-0.05, 0) is 25.2 Å². The molecule has 0 saturated carbocycles. The molecule has 1 saturated heterocycles. The number of alkyl halides is 6. The highest BCUT2D eigenvalue weighted by molar-refractivity contribution is 5.84. The number of aromatic nitrogens is 2. The summed E-state index contributed by atoms with van der Waals surface area (Å²) in [5.74, 6) is -2.12. The minimum Gasteiger partial charge on any atom is -0.394 e. The minimum atomic E-state index is -4.86. The molecule has 1 aromatic heterocycles. The molecule has 1 fully saturated rings. The van der Waals surface area contributed by atoms with Crippen molar-refractivity contribution < 1.29 is 31.1 Å². The van der Waals surface area contributed by atoms with Gasteiger partial charge < -0.3 is 10.6 Å². The molecule has 0 aromatic carbocycles. The number of carbonyl (C=O) groups excluding carboxylic acids is 1. The van der Waals surface area contributed by atoms with Crippen LogP contribution in [0.25, 0.3) is 0 Å². The van der Waals surface area contributed by atoms with Crippen molar-refractivity contribution in [3.8, 4) is 0 Å². The molecule has 1 aromatic rings. The number of halogens is 6. The molecule has 11 heteroatoms. The maximum absolute atomic E-state index is 12.6. The van der Waals surface area contributed by atoms with Crippen LogP contribution < -0.4 is 10.6 Å². The highest BCUT2D eigenvalue weighted by Gasteiger charge is 2.39. The van der Waals surface area contributed by atoms with Crippen molar-refractivity contribution in [1.82, 2.24) is 9.78 Å². The maximum atomic E-state index is 12.6. The molecule has 1 atom stereocenters. The SMILES string of the molecule is Nc1cnn(CC(F)(F)F)c1N1CCC[C@@H](CC(=O)C(F)(F)F)CC1. The summed E-state index contributed by atoms with van der Waals surface area (Å²) in [6.07, 6.45) is -7.70. The number of Topliss-reactive ketones (excluding diaryl/α,β-unsaturated/α-hetero) is 1. The van der Waals surface area contributed by atoms with Crippen molar-refractivity contribution in [3.05, 3.63) is 6.20 Å². The number of nitrogens with two attached hydrogens (primary N) is 1. The summed E-state index contributed by atoms with van der Waals surface area (Å²) in [6.45, 7) is -0.750. The van der Waals surface area contributed by atoms with E-state index >= 15 is 0 Å². The number of ketones is 1. The quantitative estimate of drug-likeness (QED) is 0.825. The molecule has 2 rings (SSSR count). The molecular formula is C14H18F6N4O. The molecule has 25 heavy (non-hydrogen) atoms. The standard InChI is InChI=1S/C14H18F6N4O/c15-13(16,17)8-24-12(10(21)7-22-24)23-4-1-2-9(3-5-23)6-11(25)14(18,19)20/h7,9H,1-6,8,21H2/t9-/m1/s1. The first-order chi connectivity index (χ1) is 11.5. The van der Waals surface area contributed by atoms with Crippen LogP contribution in [0.15, 0.2) is 6.20 Å². The fourth-order valence-corrected chi connectivity index (χ4v) is 2.98. The van der Waals surface area contributed by atoms with Crippen LogP contribution in [0.2, 0.25) is 0 Å². The summed E-state index contributed by atoms with van der Waals surface area (Å²) < 4.78 is 75.8. The van der Waals surface area contributed by atoms with E-state index < -0.39 is 37.0 Å². The number of nitrogen functional groups attached to an aromatic ring is 1. The fourth-order valence-electron chi connectivity index (χ4n) is 2.98. The van der Waals surface area contributed by atoms with Gasteiger partial charge in [-0.3, -0.25) is 4.79 Å². The van der Waals surface area contributed by atoms with Crippen molar-refractivity contribution in [3.63, 3.8) is 0 Å². The number of hydrogen-bond donors (Lipinski definition) is 1. The molecule has 1 aliphatic rings. The molecule has 142 valence electrons. The van der Waals surface area contributed by atoms with E-state index in [1.165, 1.54) is 0 Å². The summed E-state index contributed by atoms with van der Waals surface area (Å²) in [7, 11) is 0. The molecule has 0 spiro atoms. The topological polar surface area (TPSA) is 64.2 Å². The predicted molar refractivity (Wildman–Crippen MR) is 77.9 cm³/mol. The summed E-state index contributed by atoms with van der Waals surface area (Å²) in [5, 5.41) is 3.63. The molecule has 2 heterocycles. The van der Waals surface area contributed by atoms with Gasteiger partial charge in [0.15, 0.2) is 5.82 Å². The maximum Gasteiger partial charge on any atom is 0.449 e. The third-order valence-corrected chi connectivity index (χ3v) is 4.11. The van der Waals surface area contributed by atoms with Gasteiger partial charge in [-0.15, -0.1) is 0 Å². The average molecular weight is 372 g/mol. The first kappa shape index (κ1) is 19.4. The number of carbonyl (C=O) groups is 1. The lowest BCUT2D eigenvalue weighted by molar-refractivity contribution is -0.172. The smallest absolute Gasteiger partial charge is 0.394 e. The Morgan fingerprint density at radius 1 is 1.20 bits per heavy atom.